The number of hydrogen-bond acceptors (Lipinski definition) is 4. The van der Waals surface area contributed by atoms with E-state index in [0.717, 1.165) is 43.4 Å². The SMILES string of the molecule is NC(N)=NCCCCCOc1ccc([C@@H]2C[C@@H](CC(=O)O)C(=O)N2CCCc2ccccc2)cc1. The molecule has 1 aliphatic heterocycles. The Bertz CT molecular complexity index is 974. The zero-order chi connectivity index (χ0) is 25.0. The first kappa shape index (κ1) is 26.1. The monoisotopic (exact) mass is 480 g/mol. The maximum absolute atomic E-state index is 13.0. The van der Waals surface area contributed by atoms with Crippen molar-refractivity contribution in [1.82, 2.24) is 4.90 Å². The van der Waals surface area contributed by atoms with Crippen LogP contribution >= 0.6 is 0 Å². The Kier molecular flexibility index (Phi) is 9.95. The number of carbonyl (C=O) groups excluding carboxylic acids is 1. The van der Waals surface area contributed by atoms with Gasteiger partial charge in [0.1, 0.15) is 5.75 Å². The highest BCUT2D eigenvalue weighted by atomic mass is 16.5. The van der Waals surface area contributed by atoms with Crippen LogP contribution in [0.15, 0.2) is 59.6 Å². The predicted molar refractivity (Wildman–Crippen MR) is 136 cm³/mol. The molecule has 2 aromatic rings. The van der Waals surface area contributed by atoms with Gasteiger partial charge in [-0.25, -0.2) is 0 Å². The average Bonchev–Trinajstić information content (AvgIpc) is 3.14. The number of aliphatic carboxylic acids is 1. The molecule has 0 bridgehead atoms. The van der Waals surface area contributed by atoms with Gasteiger partial charge in [0.25, 0.3) is 0 Å². The van der Waals surface area contributed by atoms with Crippen LogP contribution in [0.2, 0.25) is 0 Å². The molecular formula is C27H36N4O4. The molecule has 1 amide bonds. The van der Waals surface area contributed by atoms with Gasteiger partial charge in [0.05, 0.1) is 25.0 Å². The standard InChI is InChI=1S/C27H36N4O4/c28-27(29)30-15-5-2-6-17-35-23-13-11-21(12-14-23)24-18-22(19-25(32)33)26(34)31(24)16-7-10-20-8-3-1-4-9-20/h1,3-4,8-9,11-14,22,24H,2,5-7,10,15-19H2,(H,32,33)(H4,28,29,30)/t22-,24-/m0/s1. The fourth-order valence-electron chi connectivity index (χ4n) is 4.52. The third kappa shape index (κ3) is 8.31. The lowest BCUT2D eigenvalue weighted by Gasteiger charge is -2.25. The molecule has 2 atom stereocenters. The first-order valence-corrected chi connectivity index (χ1v) is 12.3. The molecular weight excluding hydrogens is 444 g/mol. The Morgan fingerprint density at radius 1 is 1.03 bits per heavy atom. The van der Waals surface area contributed by atoms with Crippen molar-refractivity contribution in [2.24, 2.45) is 22.4 Å². The van der Waals surface area contributed by atoms with Crippen LogP contribution < -0.4 is 16.2 Å². The maximum atomic E-state index is 13.0. The number of aliphatic imine (C=N–C) groups is 1. The van der Waals surface area contributed by atoms with Crippen molar-refractivity contribution in [2.45, 2.75) is 51.0 Å². The highest BCUT2D eigenvalue weighted by Gasteiger charge is 2.40. The number of benzene rings is 2. The normalized spacial score (nSPS) is 17.4. The van der Waals surface area contributed by atoms with E-state index in [9.17, 15) is 14.7 Å². The van der Waals surface area contributed by atoms with Crippen LogP contribution in [0.4, 0.5) is 0 Å². The van der Waals surface area contributed by atoms with Crippen molar-refractivity contribution in [3.8, 4) is 5.75 Å². The van der Waals surface area contributed by atoms with Gasteiger partial charge in [-0.15, -0.1) is 0 Å². The van der Waals surface area contributed by atoms with E-state index in [1.807, 2.05) is 47.4 Å². The van der Waals surface area contributed by atoms with E-state index >= 15 is 0 Å². The number of hydrogen-bond donors (Lipinski definition) is 3. The molecule has 2 aromatic carbocycles. The highest BCUT2D eigenvalue weighted by molar-refractivity contribution is 5.85. The van der Waals surface area contributed by atoms with E-state index in [2.05, 4.69) is 17.1 Å². The van der Waals surface area contributed by atoms with Gasteiger partial charge in [0.15, 0.2) is 5.96 Å². The molecule has 0 aliphatic carbocycles. The van der Waals surface area contributed by atoms with Crippen molar-refractivity contribution in [2.75, 3.05) is 19.7 Å². The quantitative estimate of drug-likeness (QED) is 0.215. The summed E-state index contributed by atoms with van der Waals surface area (Å²) in [4.78, 5) is 30.2. The topological polar surface area (TPSA) is 131 Å². The lowest BCUT2D eigenvalue weighted by Crippen LogP contribution is -2.31. The van der Waals surface area contributed by atoms with Crippen LogP contribution in [0.5, 0.6) is 5.75 Å². The van der Waals surface area contributed by atoms with E-state index in [1.165, 1.54) is 5.56 Å². The molecule has 1 fully saturated rings. The van der Waals surface area contributed by atoms with Gasteiger partial charge in [-0.05, 0) is 61.8 Å². The minimum Gasteiger partial charge on any atom is -0.494 e. The van der Waals surface area contributed by atoms with Gasteiger partial charge in [-0.1, -0.05) is 42.5 Å². The number of nitrogens with zero attached hydrogens (tertiary/aromatic N) is 2. The van der Waals surface area contributed by atoms with Crippen LogP contribution in [0.1, 0.15) is 55.7 Å². The molecule has 3 rings (SSSR count). The van der Waals surface area contributed by atoms with Gasteiger partial charge in [0.2, 0.25) is 5.91 Å². The van der Waals surface area contributed by atoms with Gasteiger partial charge in [-0.3, -0.25) is 14.6 Å². The second kappa shape index (κ2) is 13.4. The number of nitrogens with two attached hydrogens (primary N) is 2. The first-order valence-electron chi connectivity index (χ1n) is 12.3. The number of aryl methyl sites for hydroxylation is 1. The number of unbranched alkanes of at least 4 members (excludes halogenated alkanes) is 2. The number of amides is 1. The van der Waals surface area contributed by atoms with Crippen molar-refractivity contribution in [3.05, 3.63) is 65.7 Å². The average molecular weight is 481 g/mol. The molecule has 0 aromatic heterocycles. The van der Waals surface area contributed by atoms with Crippen molar-refractivity contribution in [1.29, 1.82) is 0 Å². The maximum Gasteiger partial charge on any atom is 0.304 e. The fraction of sp³-hybridized carbons (Fsp3) is 0.444. The Hall–Kier alpha value is -3.55. The molecule has 0 spiro atoms. The number of guanidine groups is 1. The molecule has 1 aliphatic rings. The Morgan fingerprint density at radius 2 is 1.77 bits per heavy atom. The third-order valence-electron chi connectivity index (χ3n) is 6.28. The van der Waals surface area contributed by atoms with Crippen LogP contribution in [0, 0.1) is 5.92 Å². The molecule has 8 nitrogen and oxygen atoms in total. The second-order valence-electron chi connectivity index (χ2n) is 8.95. The summed E-state index contributed by atoms with van der Waals surface area (Å²) < 4.78 is 5.84. The van der Waals surface area contributed by atoms with Crippen LogP contribution in [-0.2, 0) is 16.0 Å². The third-order valence-corrected chi connectivity index (χ3v) is 6.28. The summed E-state index contributed by atoms with van der Waals surface area (Å²) in [5, 5.41) is 9.27. The summed E-state index contributed by atoms with van der Waals surface area (Å²) >= 11 is 0. The Morgan fingerprint density at radius 3 is 2.46 bits per heavy atom. The Labute approximate surface area is 207 Å². The number of ether oxygens (including phenoxy) is 1. The van der Waals surface area contributed by atoms with E-state index < -0.39 is 11.9 Å². The summed E-state index contributed by atoms with van der Waals surface area (Å²) in [7, 11) is 0. The lowest BCUT2D eigenvalue weighted by molar-refractivity contribution is -0.142. The van der Waals surface area contributed by atoms with Gasteiger partial charge in [0, 0.05) is 13.1 Å². The fourth-order valence-corrected chi connectivity index (χ4v) is 4.52. The second-order valence-corrected chi connectivity index (χ2v) is 8.95. The number of carbonyl (C=O) groups is 2. The van der Waals surface area contributed by atoms with Crippen molar-refractivity contribution in [3.63, 3.8) is 0 Å². The summed E-state index contributed by atoms with van der Waals surface area (Å²) in [6.45, 7) is 1.84. The molecule has 35 heavy (non-hydrogen) atoms. The first-order chi connectivity index (χ1) is 16.9. The van der Waals surface area contributed by atoms with Crippen molar-refractivity contribution >= 4 is 17.8 Å². The molecule has 0 saturated carbocycles. The molecule has 0 unspecified atom stereocenters. The summed E-state index contributed by atoms with van der Waals surface area (Å²) in [6.07, 6.45) is 4.89. The van der Waals surface area contributed by atoms with E-state index in [-0.39, 0.29) is 24.3 Å². The Balaban J connectivity index is 1.55. The summed E-state index contributed by atoms with van der Waals surface area (Å²) in [5.74, 6) is -0.583. The summed E-state index contributed by atoms with van der Waals surface area (Å²) in [5.41, 5.74) is 12.9. The summed E-state index contributed by atoms with van der Waals surface area (Å²) in [6, 6.07) is 17.9. The number of carboxylic acid groups (broad SMARTS) is 1. The largest absolute Gasteiger partial charge is 0.494 e. The smallest absolute Gasteiger partial charge is 0.304 e. The van der Waals surface area contributed by atoms with Gasteiger partial charge >= 0.3 is 5.97 Å². The van der Waals surface area contributed by atoms with E-state index in [4.69, 9.17) is 16.2 Å². The van der Waals surface area contributed by atoms with E-state index in [1.54, 1.807) is 0 Å². The predicted octanol–water partition coefficient (Wildman–Crippen LogP) is 3.51. The highest BCUT2D eigenvalue weighted by Crippen LogP contribution is 2.38. The number of rotatable bonds is 14. The number of carboxylic acids is 1. The molecule has 0 radical (unpaired) electrons. The van der Waals surface area contributed by atoms with E-state index in [0.29, 0.717) is 26.1 Å². The zero-order valence-electron chi connectivity index (χ0n) is 20.1. The molecule has 1 heterocycles. The molecule has 188 valence electrons. The minimum atomic E-state index is -0.935. The van der Waals surface area contributed by atoms with Gasteiger partial charge in [-0.2, -0.15) is 0 Å². The van der Waals surface area contributed by atoms with Gasteiger partial charge < -0.3 is 26.2 Å². The van der Waals surface area contributed by atoms with Crippen LogP contribution in [0.3, 0.4) is 0 Å². The molecule has 1 saturated heterocycles. The van der Waals surface area contributed by atoms with Crippen LogP contribution in [-0.4, -0.2) is 47.5 Å². The zero-order valence-corrected chi connectivity index (χ0v) is 20.1. The molecule has 5 N–H and O–H groups in total. The number of likely N-dealkylation sites (tertiary alicyclic amines) is 1. The minimum absolute atomic E-state index is 0.0634. The lowest BCUT2D eigenvalue weighted by atomic mass is 9.97. The van der Waals surface area contributed by atoms with Crippen LogP contribution in [0.25, 0.3) is 0 Å². The van der Waals surface area contributed by atoms with Crippen molar-refractivity contribution < 1.29 is 19.4 Å². The molecule has 8 heteroatoms.